The molecule has 1 atom stereocenters. The van der Waals surface area contributed by atoms with Crippen molar-refractivity contribution in [2.24, 2.45) is 5.92 Å². The Labute approximate surface area is 102 Å². The van der Waals surface area contributed by atoms with Gasteiger partial charge in [-0.3, -0.25) is 14.9 Å². The lowest BCUT2D eigenvalue weighted by Crippen LogP contribution is -2.22. The highest BCUT2D eigenvalue weighted by atomic mass is 32.2. The standard InChI is InChI=1S/C10H12N2O4S/c1-6(2)9(10(13)14)17-8-4-3-7(5-11-8)12(15)16/h3-6,9H,1-2H3,(H,13,14). The highest BCUT2D eigenvalue weighted by Gasteiger charge is 2.23. The van der Waals surface area contributed by atoms with E-state index in [1.54, 1.807) is 13.8 Å². The molecule has 0 saturated carbocycles. The van der Waals surface area contributed by atoms with Crippen LogP contribution >= 0.6 is 11.8 Å². The molecule has 0 spiro atoms. The number of carboxylic acid groups (broad SMARTS) is 1. The molecule has 0 fully saturated rings. The second-order valence-corrected chi connectivity index (χ2v) is 4.89. The van der Waals surface area contributed by atoms with E-state index < -0.39 is 16.1 Å². The first-order valence-electron chi connectivity index (χ1n) is 4.91. The van der Waals surface area contributed by atoms with Gasteiger partial charge in [0.25, 0.3) is 5.69 Å². The largest absolute Gasteiger partial charge is 0.480 e. The Morgan fingerprint density at radius 1 is 1.53 bits per heavy atom. The molecule has 0 radical (unpaired) electrons. The fraction of sp³-hybridized carbons (Fsp3) is 0.400. The van der Waals surface area contributed by atoms with Gasteiger partial charge in [-0.15, -0.1) is 0 Å². The summed E-state index contributed by atoms with van der Waals surface area (Å²) < 4.78 is 0. The van der Waals surface area contributed by atoms with Crippen LogP contribution in [0.15, 0.2) is 23.4 Å². The number of nitro groups is 1. The summed E-state index contributed by atoms with van der Waals surface area (Å²) in [4.78, 5) is 24.7. The first-order valence-corrected chi connectivity index (χ1v) is 5.79. The van der Waals surface area contributed by atoms with Crippen LogP contribution in [0.3, 0.4) is 0 Å². The van der Waals surface area contributed by atoms with Crippen molar-refractivity contribution in [1.29, 1.82) is 0 Å². The molecule has 1 aromatic heterocycles. The van der Waals surface area contributed by atoms with E-state index in [4.69, 9.17) is 5.11 Å². The molecule has 0 aliphatic rings. The summed E-state index contributed by atoms with van der Waals surface area (Å²) in [6, 6.07) is 2.77. The van der Waals surface area contributed by atoms with Gasteiger partial charge in [0.2, 0.25) is 0 Å². The van der Waals surface area contributed by atoms with Crippen LogP contribution in [0.25, 0.3) is 0 Å². The Kier molecular flexibility index (Phi) is 4.45. The van der Waals surface area contributed by atoms with E-state index >= 15 is 0 Å². The van der Waals surface area contributed by atoms with Crippen molar-refractivity contribution in [1.82, 2.24) is 4.98 Å². The van der Waals surface area contributed by atoms with Crippen LogP contribution in [0.2, 0.25) is 0 Å². The normalized spacial score (nSPS) is 12.4. The molecule has 1 aromatic rings. The molecule has 1 rings (SSSR count). The second kappa shape index (κ2) is 5.62. The van der Waals surface area contributed by atoms with Crippen LogP contribution in [0.1, 0.15) is 13.8 Å². The molecule has 92 valence electrons. The quantitative estimate of drug-likeness (QED) is 0.493. The lowest BCUT2D eigenvalue weighted by molar-refractivity contribution is -0.385. The van der Waals surface area contributed by atoms with E-state index in [0.717, 1.165) is 18.0 Å². The summed E-state index contributed by atoms with van der Waals surface area (Å²) in [5.74, 6) is -0.959. The third kappa shape index (κ3) is 3.70. The van der Waals surface area contributed by atoms with Crippen molar-refractivity contribution in [3.8, 4) is 0 Å². The van der Waals surface area contributed by atoms with Crippen molar-refractivity contribution < 1.29 is 14.8 Å². The number of thioether (sulfide) groups is 1. The first kappa shape index (κ1) is 13.4. The Morgan fingerprint density at radius 3 is 2.53 bits per heavy atom. The number of nitrogens with zero attached hydrogens (tertiary/aromatic N) is 2. The predicted molar refractivity (Wildman–Crippen MR) is 63.0 cm³/mol. The van der Waals surface area contributed by atoms with Crippen LogP contribution in [-0.2, 0) is 4.79 Å². The van der Waals surface area contributed by atoms with Crippen LogP contribution in [0.4, 0.5) is 5.69 Å². The number of carboxylic acids is 1. The summed E-state index contributed by atoms with van der Waals surface area (Å²) in [6.45, 7) is 3.61. The van der Waals surface area contributed by atoms with Gasteiger partial charge in [-0.1, -0.05) is 25.6 Å². The van der Waals surface area contributed by atoms with Gasteiger partial charge in [-0.05, 0) is 12.0 Å². The summed E-state index contributed by atoms with van der Waals surface area (Å²) in [7, 11) is 0. The molecule has 1 unspecified atom stereocenters. The molecule has 0 aliphatic carbocycles. The average molecular weight is 256 g/mol. The average Bonchev–Trinajstić information content (AvgIpc) is 2.25. The van der Waals surface area contributed by atoms with Gasteiger partial charge in [0.1, 0.15) is 11.4 Å². The van der Waals surface area contributed by atoms with Crippen molar-refractivity contribution in [2.45, 2.75) is 24.1 Å². The van der Waals surface area contributed by atoms with Gasteiger partial charge in [-0.25, -0.2) is 4.98 Å². The number of aliphatic carboxylic acids is 1. The molecule has 0 aliphatic heterocycles. The highest BCUT2D eigenvalue weighted by Crippen LogP contribution is 2.27. The van der Waals surface area contributed by atoms with E-state index in [0.29, 0.717) is 5.03 Å². The van der Waals surface area contributed by atoms with Gasteiger partial charge in [-0.2, -0.15) is 0 Å². The Bertz CT molecular complexity index is 419. The number of rotatable bonds is 5. The smallest absolute Gasteiger partial charge is 0.317 e. The lowest BCUT2D eigenvalue weighted by Gasteiger charge is -2.14. The van der Waals surface area contributed by atoms with Gasteiger partial charge in [0, 0.05) is 6.07 Å². The number of hydrogen-bond acceptors (Lipinski definition) is 5. The maximum absolute atomic E-state index is 11.0. The summed E-state index contributed by atoms with van der Waals surface area (Å²) in [5, 5.41) is 19.3. The fourth-order valence-electron chi connectivity index (χ4n) is 1.15. The number of aromatic nitrogens is 1. The summed E-state index contributed by atoms with van der Waals surface area (Å²) in [5.41, 5.74) is -0.106. The van der Waals surface area contributed by atoms with Crippen molar-refractivity contribution in [2.75, 3.05) is 0 Å². The first-order chi connectivity index (χ1) is 7.91. The molecule has 0 amide bonds. The monoisotopic (exact) mass is 256 g/mol. The number of hydrogen-bond donors (Lipinski definition) is 1. The molecule has 0 saturated heterocycles. The minimum atomic E-state index is -0.912. The molecule has 1 N–H and O–H groups in total. The van der Waals surface area contributed by atoms with E-state index in [1.165, 1.54) is 12.1 Å². The fourth-order valence-corrected chi connectivity index (χ4v) is 2.05. The number of carbonyl (C=O) groups is 1. The minimum Gasteiger partial charge on any atom is -0.480 e. The van der Waals surface area contributed by atoms with E-state index in [1.807, 2.05) is 0 Å². The molecule has 0 bridgehead atoms. The Balaban J connectivity index is 2.80. The zero-order valence-electron chi connectivity index (χ0n) is 9.36. The molecule has 0 aromatic carbocycles. The predicted octanol–water partition coefficient (Wildman–Crippen LogP) is 2.19. The van der Waals surface area contributed by atoms with Gasteiger partial charge in [0.05, 0.1) is 9.95 Å². The highest BCUT2D eigenvalue weighted by molar-refractivity contribution is 8.00. The molecule has 17 heavy (non-hydrogen) atoms. The van der Waals surface area contributed by atoms with Gasteiger partial charge in [0.15, 0.2) is 0 Å². The number of pyridine rings is 1. The van der Waals surface area contributed by atoms with Crippen LogP contribution in [-0.4, -0.2) is 26.2 Å². The van der Waals surface area contributed by atoms with Crippen molar-refractivity contribution in [3.63, 3.8) is 0 Å². The Hall–Kier alpha value is -1.63. The summed E-state index contributed by atoms with van der Waals surface area (Å²) >= 11 is 1.09. The van der Waals surface area contributed by atoms with Gasteiger partial charge >= 0.3 is 5.97 Å². The minimum absolute atomic E-state index is 0.0468. The second-order valence-electron chi connectivity index (χ2n) is 3.73. The third-order valence-electron chi connectivity index (χ3n) is 2.03. The van der Waals surface area contributed by atoms with E-state index in [9.17, 15) is 14.9 Å². The zero-order valence-corrected chi connectivity index (χ0v) is 10.2. The van der Waals surface area contributed by atoms with Crippen molar-refractivity contribution in [3.05, 3.63) is 28.4 Å². The summed E-state index contributed by atoms with van der Waals surface area (Å²) in [6.07, 6.45) is 1.13. The van der Waals surface area contributed by atoms with E-state index in [2.05, 4.69) is 4.98 Å². The topological polar surface area (TPSA) is 93.3 Å². The van der Waals surface area contributed by atoms with Crippen molar-refractivity contribution >= 4 is 23.4 Å². The SMILES string of the molecule is CC(C)C(Sc1ccc([N+](=O)[O-])cn1)C(=O)O. The lowest BCUT2D eigenvalue weighted by atomic mass is 10.1. The van der Waals surface area contributed by atoms with E-state index in [-0.39, 0.29) is 11.6 Å². The van der Waals surface area contributed by atoms with Crippen LogP contribution in [0, 0.1) is 16.0 Å². The van der Waals surface area contributed by atoms with Crippen LogP contribution in [0.5, 0.6) is 0 Å². The molecular weight excluding hydrogens is 244 g/mol. The van der Waals surface area contributed by atoms with Gasteiger partial charge < -0.3 is 5.11 Å². The Morgan fingerprint density at radius 2 is 2.18 bits per heavy atom. The molecular formula is C10H12N2O4S. The molecule has 1 heterocycles. The molecule has 7 heteroatoms. The van der Waals surface area contributed by atoms with Crippen LogP contribution < -0.4 is 0 Å². The maximum Gasteiger partial charge on any atom is 0.317 e. The maximum atomic E-state index is 11.0. The molecule has 6 nitrogen and oxygen atoms in total. The zero-order chi connectivity index (χ0) is 13.0. The third-order valence-corrected chi connectivity index (χ3v) is 3.51.